The van der Waals surface area contributed by atoms with Crippen LogP contribution in [-0.2, 0) is 16.4 Å². The molecule has 0 saturated heterocycles. The van der Waals surface area contributed by atoms with Crippen molar-refractivity contribution in [3.8, 4) is 0 Å². The van der Waals surface area contributed by atoms with Crippen molar-refractivity contribution in [2.75, 3.05) is 0 Å². The quantitative estimate of drug-likeness (QED) is 0.492. The molecule has 0 spiro atoms. The average molecular weight is 441 g/mol. The first kappa shape index (κ1) is 20.1. The Morgan fingerprint density at radius 3 is 2.53 bits per heavy atom. The van der Waals surface area contributed by atoms with Crippen LogP contribution < -0.4 is 5.32 Å². The van der Waals surface area contributed by atoms with Crippen LogP contribution >= 0.6 is 11.6 Å². The third kappa shape index (κ3) is 3.92. The lowest BCUT2D eigenvalue weighted by atomic mass is 10.2. The fraction of sp³-hybridized carbons (Fsp3) is 0.0952. The van der Waals surface area contributed by atoms with Gasteiger partial charge in [0.2, 0.25) is 9.84 Å². The molecule has 0 aliphatic rings. The molecule has 30 heavy (non-hydrogen) atoms. The SMILES string of the molecule is Cc1ccc(S(=O)(=O)c2ccc(CNC(=O)c3cnc4[nH]ncc4c3)cc2)cc1Cl. The molecule has 0 bridgehead atoms. The summed E-state index contributed by atoms with van der Waals surface area (Å²) in [6.07, 6.45) is 3.07. The molecule has 0 aliphatic carbocycles. The summed E-state index contributed by atoms with van der Waals surface area (Å²) in [7, 11) is -3.67. The van der Waals surface area contributed by atoms with E-state index in [-0.39, 0.29) is 22.2 Å². The number of aryl methyl sites for hydroxylation is 1. The Kier molecular flexibility index (Phi) is 5.27. The number of aromatic amines is 1. The number of amides is 1. The molecule has 2 aromatic carbocycles. The zero-order chi connectivity index (χ0) is 21.3. The van der Waals surface area contributed by atoms with Crippen LogP contribution in [0, 0.1) is 6.92 Å². The number of rotatable bonds is 5. The number of nitrogens with one attached hydrogen (secondary N) is 2. The van der Waals surface area contributed by atoms with E-state index in [1.165, 1.54) is 30.5 Å². The largest absolute Gasteiger partial charge is 0.348 e. The molecular weight excluding hydrogens is 424 g/mol. The van der Waals surface area contributed by atoms with Gasteiger partial charge in [-0.25, -0.2) is 13.4 Å². The average Bonchev–Trinajstić information content (AvgIpc) is 3.22. The highest BCUT2D eigenvalue weighted by molar-refractivity contribution is 7.91. The molecule has 0 saturated carbocycles. The van der Waals surface area contributed by atoms with Crippen LogP contribution in [0.15, 0.2) is 70.7 Å². The van der Waals surface area contributed by atoms with Crippen LogP contribution in [-0.4, -0.2) is 29.5 Å². The van der Waals surface area contributed by atoms with Crippen LogP contribution in [0.3, 0.4) is 0 Å². The number of benzene rings is 2. The summed E-state index contributed by atoms with van der Waals surface area (Å²) in [5.74, 6) is -0.281. The van der Waals surface area contributed by atoms with Crippen LogP contribution in [0.4, 0.5) is 0 Å². The summed E-state index contributed by atoms with van der Waals surface area (Å²) in [5, 5.41) is 10.6. The van der Waals surface area contributed by atoms with Crippen molar-refractivity contribution in [2.24, 2.45) is 0 Å². The van der Waals surface area contributed by atoms with E-state index in [0.29, 0.717) is 16.2 Å². The van der Waals surface area contributed by atoms with E-state index in [4.69, 9.17) is 11.6 Å². The molecule has 1 amide bonds. The van der Waals surface area contributed by atoms with Gasteiger partial charge < -0.3 is 5.32 Å². The van der Waals surface area contributed by atoms with E-state index in [2.05, 4.69) is 20.5 Å². The van der Waals surface area contributed by atoms with Crippen molar-refractivity contribution < 1.29 is 13.2 Å². The molecule has 7 nitrogen and oxygen atoms in total. The number of hydrogen-bond acceptors (Lipinski definition) is 5. The summed E-state index contributed by atoms with van der Waals surface area (Å²) < 4.78 is 25.6. The van der Waals surface area contributed by atoms with Crippen LogP contribution in [0.1, 0.15) is 21.5 Å². The van der Waals surface area contributed by atoms with Crippen molar-refractivity contribution in [1.29, 1.82) is 0 Å². The number of aromatic nitrogens is 3. The highest BCUT2D eigenvalue weighted by Gasteiger charge is 2.18. The molecule has 0 radical (unpaired) electrons. The second kappa shape index (κ2) is 7.89. The standard InChI is InChI=1S/C21H17ClN4O3S/c1-13-2-5-18(9-19(13)22)30(28,29)17-6-3-14(4-7-17)10-24-21(27)16-8-15-12-25-26-20(15)23-11-16/h2-9,11-12H,10H2,1H3,(H,24,27)(H,23,25,26). The third-order valence-corrected chi connectivity index (χ3v) is 6.87. The minimum atomic E-state index is -3.67. The maximum atomic E-state index is 12.8. The van der Waals surface area contributed by atoms with Gasteiger partial charge in [0, 0.05) is 23.2 Å². The lowest BCUT2D eigenvalue weighted by molar-refractivity contribution is 0.0950. The van der Waals surface area contributed by atoms with Gasteiger partial charge in [-0.2, -0.15) is 5.10 Å². The highest BCUT2D eigenvalue weighted by Crippen LogP contribution is 2.25. The van der Waals surface area contributed by atoms with Gasteiger partial charge in [-0.3, -0.25) is 9.89 Å². The lowest BCUT2D eigenvalue weighted by Gasteiger charge is -2.09. The third-order valence-electron chi connectivity index (χ3n) is 4.69. The molecule has 0 fully saturated rings. The van der Waals surface area contributed by atoms with Crippen LogP contribution in [0.5, 0.6) is 0 Å². The summed E-state index contributed by atoms with van der Waals surface area (Å²) in [6, 6.07) is 12.7. The van der Waals surface area contributed by atoms with Crippen molar-refractivity contribution in [3.63, 3.8) is 0 Å². The van der Waals surface area contributed by atoms with Gasteiger partial charge in [0.1, 0.15) is 0 Å². The number of halogens is 1. The van der Waals surface area contributed by atoms with Gasteiger partial charge in [-0.05, 0) is 48.4 Å². The molecule has 2 N–H and O–H groups in total. The zero-order valence-corrected chi connectivity index (χ0v) is 17.5. The number of carbonyl (C=O) groups is 1. The minimum absolute atomic E-state index is 0.140. The van der Waals surface area contributed by atoms with E-state index in [0.717, 1.165) is 16.5 Å². The van der Waals surface area contributed by atoms with Crippen LogP contribution in [0.25, 0.3) is 11.0 Å². The van der Waals surface area contributed by atoms with Gasteiger partial charge in [-0.1, -0.05) is 29.8 Å². The van der Waals surface area contributed by atoms with Gasteiger partial charge in [-0.15, -0.1) is 0 Å². The zero-order valence-electron chi connectivity index (χ0n) is 15.9. The molecule has 4 aromatic rings. The smallest absolute Gasteiger partial charge is 0.253 e. The lowest BCUT2D eigenvalue weighted by Crippen LogP contribution is -2.22. The van der Waals surface area contributed by atoms with Gasteiger partial charge in [0.25, 0.3) is 5.91 Å². The van der Waals surface area contributed by atoms with Crippen molar-refractivity contribution >= 4 is 38.4 Å². The summed E-state index contributed by atoms with van der Waals surface area (Å²) in [4.78, 5) is 16.8. The molecule has 152 valence electrons. The summed E-state index contributed by atoms with van der Waals surface area (Å²) in [5.41, 5.74) is 2.60. The van der Waals surface area contributed by atoms with Gasteiger partial charge >= 0.3 is 0 Å². The predicted molar refractivity (Wildman–Crippen MR) is 113 cm³/mol. The van der Waals surface area contributed by atoms with Crippen LogP contribution in [0.2, 0.25) is 5.02 Å². The van der Waals surface area contributed by atoms with E-state index in [1.54, 1.807) is 30.5 Å². The molecule has 0 unspecified atom stereocenters. The Bertz CT molecular complexity index is 1350. The molecule has 0 atom stereocenters. The second-order valence-corrected chi connectivity index (χ2v) is 9.13. The molecular formula is C21H17ClN4O3S. The second-order valence-electron chi connectivity index (χ2n) is 6.77. The Morgan fingerprint density at radius 1 is 1.07 bits per heavy atom. The maximum Gasteiger partial charge on any atom is 0.253 e. The summed E-state index contributed by atoms with van der Waals surface area (Å²) >= 11 is 6.07. The van der Waals surface area contributed by atoms with Crippen molar-refractivity contribution in [3.05, 3.63) is 82.6 Å². The topological polar surface area (TPSA) is 105 Å². The molecule has 2 heterocycles. The molecule has 9 heteroatoms. The number of hydrogen-bond donors (Lipinski definition) is 2. The van der Waals surface area contributed by atoms with E-state index < -0.39 is 9.84 Å². The number of nitrogens with zero attached hydrogens (tertiary/aromatic N) is 2. The minimum Gasteiger partial charge on any atom is -0.348 e. The van der Waals surface area contributed by atoms with E-state index >= 15 is 0 Å². The first-order chi connectivity index (χ1) is 14.3. The number of fused-ring (bicyclic) bond motifs is 1. The van der Waals surface area contributed by atoms with E-state index in [9.17, 15) is 13.2 Å². The monoisotopic (exact) mass is 440 g/mol. The Hall–Kier alpha value is -3.23. The normalized spacial score (nSPS) is 11.5. The fourth-order valence-corrected chi connectivity index (χ4v) is 4.44. The van der Waals surface area contributed by atoms with Gasteiger partial charge in [0.15, 0.2) is 5.65 Å². The Morgan fingerprint density at radius 2 is 1.80 bits per heavy atom. The first-order valence-electron chi connectivity index (χ1n) is 9.02. The van der Waals surface area contributed by atoms with Crippen molar-refractivity contribution in [2.45, 2.75) is 23.3 Å². The number of carbonyl (C=O) groups excluding carboxylic acids is 1. The molecule has 0 aliphatic heterocycles. The predicted octanol–water partition coefficient (Wildman–Crippen LogP) is 3.68. The first-order valence-corrected chi connectivity index (χ1v) is 10.9. The maximum absolute atomic E-state index is 12.8. The summed E-state index contributed by atoms with van der Waals surface area (Å²) in [6.45, 7) is 2.06. The number of sulfone groups is 1. The highest BCUT2D eigenvalue weighted by atomic mass is 35.5. The Labute approximate surface area is 178 Å². The molecule has 4 rings (SSSR count). The van der Waals surface area contributed by atoms with Gasteiger partial charge in [0.05, 0.1) is 21.6 Å². The van der Waals surface area contributed by atoms with E-state index in [1.807, 2.05) is 6.92 Å². The fourth-order valence-electron chi connectivity index (χ4n) is 2.91. The number of pyridine rings is 1. The number of H-pyrrole nitrogens is 1. The molecule has 2 aromatic heterocycles. The van der Waals surface area contributed by atoms with Crippen molar-refractivity contribution in [1.82, 2.24) is 20.5 Å². The Balaban J connectivity index is 1.46.